The predicted molar refractivity (Wildman–Crippen MR) is 144 cm³/mol. The maximum absolute atomic E-state index is 13.4. The molecule has 41 heavy (non-hydrogen) atoms. The number of carbonyl (C=O) groups is 4. The summed E-state index contributed by atoms with van der Waals surface area (Å²) < 4.78 is 16.2. The van der Waals surface area contributed by atoms with Gasteiger partial charge in [-0.1, -0.05) is 30.3 Å². The number of nitro benzene ring substituents is 1. The molecule has 3 unspecified atom stereocenters. The van der Waals surface area contributed by atoms with Gasteiger partial charge in [0.15, 0.2) is 5.92 Å². The lowest BCUT2D eigenvalue weighted by Crippen LogP contribution is -2.43. The summed E-state index contributed by atoms with van der Waals surface area (Å²) >= 11 is 0. The van der Waals surface area contributed by atoms with E-state index in [1.54, 1.807) is 31.2 Å². The molecule has 0 aliphatic carbocycles. The van der Waals surface area contributed by atoms with Crippen LogP contribution >= 0.6 is 0 Å². The summed E-state index contributed by atoms with van der Waals surface area (Å²) in [7, 11) is 1.06. The van der Waals surface area contributed by atoms with E-state index in [0.29, 0.717) is 0 Å². The van der Waals surface area contributed by atoms with E-state index < -0.39 is 46.9 Å². The number of allylic oxidation sites excluding steroid dienone is 2. The molecule has 0 aromatic heterocycles. The number of non-ortho nitro benzene ring substituents is 1. The third kappa shape index (κ3) is 7.33. The van der Waals surface area contributed by atoms with Crippen molar-refractivity contribution in [2.24, 2.45) is 5.92 Å². The number of hydrogen-bond donors (Lipinski definition) is 3. The molecular weight excluding hydrogens is 538 g/mol. The van der Waals surface area contributed by atoms with E-state index in [4.69, 9.17) is 14.2 Å². The van der Waals surface area contributed by atoms with Gasteiger partial charge in [-0.3, -0.25) is 19.7 Å². The Labute approximate surface area is 234 Å². The van der Waals surface area contributed by atoms with Gasteiger partial charge in [0.2, 0.25) is 5.91 Å². The highest BCUT2D eigenvalue weighted by atomic mass is 16.6. The summed E-state index contributed by atoms with van der Waals surface area (Å²) in [5, 5.41) is 26.1. The molecule has 0 fully saturated rings. The number of rotatable bonds is 11. The van der Waals surface area contributed by atoms with Crippen molar-refractivity contribution >= 4 is 35.2 Å². The zero-order valence-corrected chi connectivity index (χ0v) is 22.7. The van der Waals surface area contributed by atoms with Gasteiger partial charge >= 0.3 is 17.9 Å². The lowest BCUT2D eigenvalue weighted by molar-refractivity contribution is -0.384. The van der Waals surface area contributed by atoms with Crippen molar-refractivity contribution in [2.45, 2.75) is 39.6 Å². The number of carbonyl (C=O) groups excluding carboxylic acids is 3. The minimum absolute atomic E-state index is 0.0163. The topological polar surface area (TPSA) is 183 Å². The zero-order chi connectivity index (χ0) is 30.3. The fourth-order valence-corrected chi connectivity index (χ4v) is 4.23. The first-order chi connectivity index (χ1) is 19.4. The van der Waals surface area contributed by atoms with Crippen LogP contribution in [0, 0.1) is 16.0 Å². The van der Waals surface area contributed by atoms with Gasteiger partial charge in [-0.15, -0.1) is 0 Å². The number of nitro groups is 1. The highest BCUT2D eigenvalue weighted by Gasteiger charge is 2.41. The van der Waals surface area contributed by atoms with Crippen molar-refractivity contribution in [1.82, 2.24) is 5.32 Å². The third-order valence-corrected chi connectivity index (χ3v) is 6.26. The smallest absolute Gasteiger partial charge is 0.339 e. The van der Waals surface area contributed by atoms with Crippen molar-refractivity contribution in [3.63, 3.8) is 0 Å². The molecule has 1 amide bonds. The van der Waals surface area contributed by atoms with E-state index in [9.17, 15) is 34.4 Å². The van der Waals surface area contributed by atoms with Crippen LogP contribution in [0.25, 0.3) is 0 Å². The number of dihydropyridines is 1. The fraction of sp³-hybridized carbons (Fsp3) is 0.286. The van der Waals surface area contributed by atoms with Crippen LogP contribution < -0.4 is 10.6 Å². The number of ether oxygens (including phenoxy) is 3. The first-order valence-electron chi connectivity index (χ1n) is 12.4. The second-order valence-electron chi connectivity index (χ2n) is 9.09. The number of carboxylic acid groups (broad SMARTS) is 1. The summed E-state index contributed by atoms with van der Waals surface area (Å²) in [6.07, 6.45) is -2.69. The lowest BCUT2D eigenvalue weighted by Gasteiger charge is -2.30. The first-order valence-corrected chi connectivity index (χ1v) is 12.4. The van der Waals surface area contributed by atoms with E-state index in [1.165, 1.54) is 38.1 Å². The van der Waals surface area contributed by atoms with Gasteiger partial charge in [0.05, 0.1) is 29.8 Å². The molecule has 1 aliphatic heterocycles. The number of carboxylic acids is 1. The minimum Gasteiger partial charge on any atom is -0.478 e. The standard InChI is InChI=1S/C28H29N3O10/c1-15-21(26(33)34)24(40-14-18-8-6-5-7-9-18)22(16(2)29-15)28(36)41-17(3)23(27(35)39-4)25(32)30-19-10-12-20(13-11-19)31(37)38/h5-13,17,23-24,29H,14H2,1-4H3,(H,30,32)(H,33,34). The SMILES string of the molecule is COC(=O)C(C(=O)Nc1ccc([N+](=O)[O-])cc1)C(C)OC(=O)C1=C(C)NC(C)=C(C(=O)O)C1OCc1ccccc1. The molecule has 1 heterocycles. The molecule has 0 spiro atoms. The summed E-state index contributed by atoms with van der Waals surface area (Å²) in [5.41, 5.74) is 0.889. The molecule has 0 bridgehead atoms. The zero-order valence-electron chi connectivity index (χ0n) is 22.7. The van der Waals surface area contributed by atoms with Crippen molar-refractivity contribution < 1.29 is 43.4 Å². The van der Waals surface area contributed by atoms with E-state index in [-0.39, 0.29) is 40.5 Å². The molecule has 1 aliphatic rings. The van der Waals surface area contributed by atoms with Crippen LogP contribution in [0.2, 0.25) is 0 Å². The number of nitrogens with zero attached hydrogens (tertiary/aromatic N) is 1. The molecular formula is C28H29N3O10. The van der Waals surface area contributed by atoms with Gasteiger partial charge in [0.25, 0.3) is 5.69 Å². The van der Waals surface area contributed by atoms with Crippen molar-refractivity contribution in [2.75, 3.05) is 12.4 Å². The molecule has 3 rings (SSSR count). The van der Waals surface area contributed by atoms with Gasteiger partial charge in [-0.2, -0.15) is 0 Å². The number of esters is 2. The quantitative estimate of drug-likeness (QED) is 0.157. The Morgan fingerprint density at radius 2 is 1.63 bits per heavy atom. The van der Waals surface area contributed by atoms with Crippen LogP contribution in [0.5, 0.6) is 0 Å². The molecule has 2 aromatic carbocycles. The molecule has 216 valence electrons. The van der Waals surface area contributed by atoms with Crippen LogP contribution in [0.1, 0.15) is 26.3 Å². The molecule has 0 saturated carbocycles. The van der Waals surface area contributed by atoms with Crippen LogP contribution in [-0.2, 0) is 40.0 Å². The Hall–Kier alpha value is -5.04. The van der Waals surface area contributed by atoms with E-state index in [2.05, 4.69) is 10.6 Å². The number of methoxy groups -OCH3 is 1. The monoisotopic (exact) mass is 567 g/mol. The fourth-order valence-electron chi connectivity index (χ4n) is 4.23. The van der Waals surface area contributed by atoms with Crippen LogP contribution in [0.4, 0.5) is 11.4 Å². The van der Waals surface area contributed by atoms with Gasteiger partial charge in [-0.05, 0) is 38.5 Å². The van der Waals surface area contributed by atoms with Gasteiger partial charge in [0.1, 0.15) is 12.2 Å². The second-order valence-corrected chi connectivity index (χ2v) is 9.09. The van der Waals surface area contributed by atoms with Gasteiger partial charge in [0, 0.05) is 29.2 Å². The van der Waals surface area contributed by atoms with Crippen LogP contribution in [0.15, 0.2) is 77.1 Å². The minimum atomic E-state index is -1.63. The number of aliphatic carboxylic acids is 1. The van der Waals surface area contributed by atoms with E-state index >= 15 is 0 Å². The van der Waals surface area contributed by atoms with Crippen LogP contribution in [-0.4, -0.2) is 53.2 Å². The Balaban J connectivity index is 1.84. The van der Waals surface area contributed by atoms with Crippen molar-refractivity contribution in [3.05, 3.63) is 92.8 Å². The van der Waals surface area contributed by atoms with Crippen molar-refractivity contribution in [1.29, 1.82) is 0 Å². The molecule has 0 radical (unpaired) electrons. The van der Waals surface area contributed by atoms with Crippen LogP contribution in [0.3, 0.4) is 0 Å². The average molecular weight is 568 g/mol. The Bertz CT molecular complexity index is 1400. The molecule has 13 heteroatoms. The highest BCUT2D eigenvalue weighted by molar-refractivity contribution is 6.06. The number of amides is 1. The summed E-state index contributed by atoms with van der Waals surface area (Å²) in [4.78, 5) is 61.5. The predicted octanol–water partition coefficient (Wildman–Crippen LogP) is 3.08. The normalized spacial score (nSPS) is 16.2. The number of benzene rings is 2. The van der Waals surface area contributed by atoms with E-state index in [1.807, 2.05) is 6.07 Å². The number of anilines is 1. The van der Waals surface area contributed by atoms with Gasteiger partial charge in [-0.25, -0.2) is 9.59 Å². The molecule has 0 saturated heterocycles. The van der Waals surface area contributed by atoms with Crippen molar-refractivity contribution in [3.8, 4) is 0 Å². The Kier molecular flexibility index (Phi) is 9.93. The van der Waals surface area contributed by atoms with Gasteiger partial charge < -0.3 is 30.0 Å². The summed E-state index contributed by atoms with van der Waals surface area (Å²) in [6, 6.07) is 13.8. The largest absolute Gasteiger partial charge is 0.478 e. The summed E-state index contributed by atoms with van der Waals surface area (Å²) in [5.74, 6) is -5.84. The summed E-state index contributed by atoms with van der Waals surface area (Å²) in [6.45, 7) is 4.37. The number of hydrogen-bond acceptors (Lipinski definition) is 10. The van der Waals surface area contributed by atoms with E-state index in [0.717, 1.165) is 12.7 Å². The molecule has 2 aromatic rings. The molecule has 3 N–H and O–H groups in total. The lowest BCUT2D eigenvalue weighted by atomic mass is 9.94. The first kappa shape index (κ1) is 30.5. The Morgan fingerprint density at radius 1 is 1.02 bits per heavy atom. The molecule has 3 atom stereocenters. The number of nitrogens with one attached hydrogen (secondary N) is 2. The Morgan fingerprint density at radius 3 is 2.20 bits per heavy atom. The molecule has 13 nitrogen and oxygen atoms in total. The maximum atomic E-state index is 13.4. The third-order valence-electron chi connectivity index (χ3n) is 6.26. The second kappa shape index (κ2) is 13.3. The average Bonchev–Trinajstić information content (AvgIpc) is 2.92. The maximum Gasteiger partial charge on any atom is 0.339 e. The highest BCUT2D eigenvalue weighted by Crippen LogP contribution is 2.29.